The Morgan fingerprint density at radius 1 is 1.16 bits per heavy atom. The second-order valence-electron chi connectivity index (χ2n) is 6.61. The molecule has 0 radical (unpaired) electrons. The van der Waals surface area contributed by atoms with E-state index < -0.39 is 17.4 Å². The van der Waals surface area contributed by atoms with E-state index in [1.807, 2.05) is 0 Å². The molecule has 0 aliphatic heterocycles. The molecular weight excluding hydrogens is 405 g/mol. The maximum absolute atomic E-state index is 13.4. The highest BCUT2D eigenvalue weighted by Gasteiger charge is 2.16. The van der Waals surface area contributed by atoms with Gasteiger partial charge in [0.2, 0.25) is 11.6 Å². The Morgan fingerprint density at radius 2 is 1.97 bits per heavy atom. The molecule has 4 aromatic rings. The van der Waals surface area contributed by atoms with Crippen LogP contribution in [0.2, 0.25) is 0 Å². The van der Waals surface area contributed by atoms with Crippen molar-refractivity contribution in [3.8, 4) is 11.6 Å². The zero-order valence-electron chi connectivity index (χ0n) is 16.3. The van der Waals surface area contributed by atoms with Crippen molar-refractivity contribution in [2.75, 3.05) is 5.32 Å². The Morgan fingerprint density at radius 3 is 2.74 bits per heavy atom. The van der Waals surface area contributed by atoms with Gasteiger partial charge in [-0.2, -0.15) is 0 Å². The van der Waals surface area contributed by atoms with Gasteiger partial charge >= 0.3 is 5.69 Å². The third-order valence-electron chi connectivity index (χ3n) is 4.33. The quantitative estimate of drug-likeness (QED) is 0.480. The number of aromatic nitrogens is 4. The number of Topliss-reactive ketones (excluding diaryl/α,β-unsaturated/α-hetero) is 1. The predicted molar refractivity (Wildman–Crippen MR) is 109 cm³/mol. The molecule has 1 amide bonds. The topological polar surface area (TPSA) is 108 Å². The van der Waals surface area contributed by atoms with Crippen molar-refractivity contribution in [3.63, 3.8) is 0 Å². The smallest absolute Gasteiger partial charge is 0.351 e. The standard InChI is InChI=1S/C21H16FN5O4/c1-13(28)14-4-2-6-16(10-14)24-18(29)12-27-21(30)26-9-8-23-20(19(26)25-27)31-17-7-3-5-15(22)11-17/h2-11H,12H2,1H3,(H,24,29). The minimum absolute atomic E-state index is 0.0153. The first kappa shape index (κ1) is 20.0. The van der Waals surface area contributed by atoms with E-state index in [1.165, 1.54) is 48.0 Å². The predicted octanol–water partition coefficient (Wildman–Crippen LogP) is 2.66. The van der Waals surface area contributed by atoms with Gasteiger partial charge in [-0.1, -0.05) is 18.2 Å². The number of nitrogens with zero attached hydrogens (tertiary/aromatic N) is 4. The Bertz CT molecular complexity index is 1360. The summed E-state index contributed by atoms with van der Waals surface area (Å²) in [6.45, 7) is 1.05. The number of ether oxygens (including phenoxy) is 1. The highest BCUT2D eigenvalue weighted by molar-refractivity contribution is 5.97. The van der Waals surface area contributed by atoms with E-state index in [1.54, 1.807) is 24.3 Å². The highest BCUT2D eigenvalue weighted by Crippen LogP contribution is 2.22. The van der Waals surface area contributed by atoms with Crippen LogP contribution in [-0.2, 0) is 11.3 Å². The van der Waals surface area contributed by atoms with Crippen molar-refractivity contribution in [1.29, 1.82) is 0 Å². The first-order chi connectivity index (χ1) is 14.9. The van der Waals surface area contributed by atoms with Gasteiger partial charge in [0, 0.05) is 29.7 Å². The number of amides is 1. The number of rotatable bonds is 6. The molecule has 2 heterocycles. The molecule has 0 aliphatic rings. The van der Waals surface area contributed by atoms with Gasteiger partial charge in [0.15, 0.2) is 5.78 Å². The van der Waals surface area contributed by atoms with E-state index in [4.69, 9.17) is 4.74 Å². The summed E-state index contributed by atoms with van der Waals surface area (Å²) >= 11 is 0. The van der Waals surface area contributed by atoms with Crippen LogP contribution >= 0.6 is 0 Å². The number of anilines is 1. The lowest BCUT2D eigenvalue weighted by Crippen LogP contribution is -2.28. The molecule has 0 aliphatic carbocycles. The summed E-state index contributed by atoms with van der Waals surface area (Å²) in [6, 6.07) is 11.9. The lowest BCUT2D eigenvalue weighted by molar-refractivity contribution is -0.117. The average Bonchev–Trinajstić information content (AvgIpc) is 3.05. The van der Waals surface area contributed by atoms with Gasteiger partial charge in [-0.25, -0.2) is 23.3 Å². The monoisotopic (exact) mass is 421 g/mol. The van der Waals surface area contributed by atoms with Crippen molar-refractivity contribution in [1.82, 2.24) is 19.2 Å². The highest BCUT2D eigenvalue weighted by atomic mass is 19.1. The largest absolute Gasteiger partial charge is 0.436 e. The van der Waals surface area contributed by atoms with E-state index in [0.29, 0.717) is 11.3 Å². The maximum Gasteiger partial charge on any atom is 0.351 e. The fraction of sp³-hybridized carbons (Fsp3) is 0.0952. The minimum atomic E-state index is -0.575. The van der Waals surface area contributed by atoms with Crippen LogP contribution in [0.3, 0.4) is 0 Å². The summed E-state index contributed by atoms with van der Waals surface area (Å²) in [5.74, 6) is -0.958. The van der Waals surface area contributed by atoms with Gasteiger partial charge < -0.3 is 10.1 Å². The van der Waals surface area contributed by atoms with Crippen LogP contribution in [0.25, 0.3) is 5.65 Å². The van der Waals surface area contributed by atoms with Crippen LogP contribution in [0, 0.1) is 5.82 Å². The van der Waals surface area contributed by atoms with Gasteiger partial charge in [-0.3, -0.25) is 9.59 Å². The second kappa shape index (κ2) is 8.19. The molecule has 10 heteroatoms. The minimum Gasteiger partial charge on any atom is -0.436 e. The molecule has 0 saturated carbocycles. The van der Waals surface area contributed by atoms with E-state index in [9.17, 15) is 18.8 Å². The summed E-state index contributed by atoms with van der Waals surface area (Å²) in [5, 5.41) is 6.76. The van der Waals surface area contributed by atoms with E-state index in [2.05, 4.69) is 15.4 Å². The Labute approximate surface area is 174 Å². The van der Waals surface area contributed by atoms with Crippen LogP contribution in [0.4, 0.5) is 10.1 Å². The molecule has 0 atom stereocenters. The number of carbonyl (C=O) groups is 2. The summed E-state index contributed by atoms with van der Waals surface area (Å²) in [5.41, 5.74) is 0.372. The normalized spacial score (nSPS) is 10.8. The number of hydrogen-bond donors (Lipinski definition) is 1. The van der Waals surface area contributed by atoms with Crippen LogP contribution in [0.15, 0.2) is 65.7 Å². The number of ketones is 1. The molecule has 4 rings (SSSR count). The molecule has 1 N–H and O–H groups in total. The molecular formula is C21H16FN5O4. The zero-order valence-corrected chi connectivity index (χ0v) is 16.3. The molecule has 31 heavy (non-hydrogen) atoms. The van der Waals surface area contributed by atoms with Gasteiger partial charge in [0.05, 0.1) is 0 Å². The van der Waals surface area contributed by atoms with Crippen molar-refractivity contribution >= 4 is 23.0 Å². The zero-order chi connectivity index (χ0) is 22.0. The first-order valence-electron chi connectivity index (χ1n) is 9.19. The molecule has 2 aromatic heterocycles. The van der Waals surface area contributed by atoms with Crippen LogP contribution < -0.4 is 15.7 Å². The number of fused-ring (bicyclic) bond motifs is 1. The van der Waals surface area contributed by atoms with Crippen LogP contribution in [-0.4, -0.2) is 30.9 Å². The SMILES string of the molecule is CC(=O)c1cccc(NC(=O)Cn2nc3c(Oc4cccc(F)c4)nccn3c2=O)c1. The number of benzene rings is 2. The van der Waals surface area contributed by atoms with Crippen molar-refractivity contribution in [2.24, 2.45) is 0 Å². The van der Waals surface area contributed by atoms with Crippen molar-refractivity contribution in [3.05, 3.63) is 82.8 Å². The summed E-state index contributed by atoms with van der Waals surface area (Å²) in [7, 11) is 0. The number of hydrogen-bond acceptors (Lipinski definition) is 6. The van der Waals surface area contributed by atoms with E-state index in [0.717, 1.165) is 4.68 Å². The van der Waals surface area contributed by atoms with Crippen LogP contribution in [0.5, 0.6) is 11.6 Å². The third-order valence-corrected chi connectivity index (χ3v) is 4.33. The molecule has 0 fully saturated rings. The molecule has 0 unspecified atom stereocenters. The summed E-state index contributed by atoms with van der Waals surface area (Å²) < 4.78 is 21.1. The molecule has 0 saturated heterocycles. The van der Waals surface area contributed by atoms with Crippen molar-refractivity contribution in [2.45, 2.75) is 13.5 Å². The Hall–Kier alpha value is -4.34. The molecule has 2 aromatic carbocycles. The summed E-state index contributed by atoms with van der Waals surface area (Å²) in [6.07, 6.45) is 2.72. The average molecular weight is 421 g/mol. The lowest BCUT2D eigenvalue weighted by atomic mass is 10.1. The fourth-order valence-electron chi connectivity index (χ4n) is 2.90. The first-order valence-corrected chi connectivity index (χ1v) is 9.19. The second-order valence-corrected chi connectivity index (χ2v) is 6.61. The van der Waals surface area contributed by atoms with E-state index in [-0.39, 0.29) is 29.6 Å². The lowest BCUT2D eigenvalue weighted by Gasteiger charge is -2.06. The van der Waals surface area contributed by atoms with Gasteiger partial charge in [0.25, 0.3) is 5.88 Å². The summed E-state index contributed by atoms with van der Waals surface area (Å²) in [4.78, 5) is 40.6. The van der Waals surface area contributed by atoms with Gasteiger partial charge in [-0.15, -0.1) is 5.10 Å². The maximum atomic E-state index is 13.4. The van der Waals surface area contributed by atoms with E-state index >= 15 is 0 Å². The Balaban J connectivity index is 1.58. The molecule has 0 bridgehead atoms. The number of nitrogens with one attached hydrogen (secondary N) is 1. The molecule has 156 valence electrons. The van der Waals surface area contributed by atoms with Crippen LogP contribution in [0.1, 0.15) is 17.3 Å². The van der Waals surface area contributed by atoms with Crippen molar-refractivity contribution < 1.29 is 18.7 Å². The fourth-order valence-corrected chi connectivity index (χ4v) is 2.90. The number of halogens is 1. The van der Waals surface area contributed by atoms with Gasteiger partial charge in [-0.05, 0) is 31.2 Å². The molecule has 9 nitrogen and oxygen atoms in total. The molecule has 0 spiro atoms. The third kappa shape index (κ3) is 4.32. The number of carbonyl (C=O) groups excluding carboxylic acids is 2. The van der Waals surface area contributed by atoms with Gasteiger partial charge in [0.1, 0.15) is 18.1 Å². The Kier molecular flexibility index (Phi) is 5.27.